The summed E-state index contributed by atoms with van der Waals surface area (Å²) >= 11 is 0. The largest absolute Gasteiger partial charge is 0.490 e. The van der Waals surface area contributed by atoms with Gasteiger partial charge in [-0.05, 0) is 50.5 Å². The lowest BCUT2D eigenvalue weighted by atomic mass is 9.96. The first-order valence-corrected chi connectivity index (χ1v) is 9.76. The molecule has 2 N–H and O–H groups in total. The summed E-state index contributed by atoms with van der Waals surface area (Å²) in [5, 5.41) is 0. The van der Waals surface area contributed by atoms with Crippen LogP contribution in [0.1, 0.15) is 32.3 Å². The second kappa shape index (κ2) is 11.1. The van der Waals surface area contributed by atoms with Crippen LogP contribution in [-0.2, 0) is 19.1 Å². The zero-order valence-corrected chi connectivity index (χ0v) is 16.9. The summed E-state index contributed by atoms with van der Waals surface area (Å²) < 4.78 is 16.1. The first-order chi connectivity index (χ1) is 13.9. The highest BCUT2D eigenvalue weighted by molar-refractivity contribution is 5.89. The molecule has 29 heavy (non-hydrogen) atoms. The highest BCUT2D eigenvalue weighted by atomic mass is 16.5. The number of hydrogen-bond donors (Lipinski definition) is 1. The number of ether oxygens (including phenoxy) is 3. The first kappa shape index (κ1) is 22.3. The molecule has 0 unspecified atom stereocenters. The van der Waals surface area contributed by atoms with Crippen LogP contribution in [0.15, 0.2) is 24.3 Å². The van der Waals surface area contributed by atoms with E-state index < -0.39 is 5.97 Å². The number of benzene rings is 1. The third-order valence-electron chi connectivity index (χ3n) is 4.57. The highest BCUT2D eigenvalue weighted by Crippen LogP contribution is 2.29. The smallest absolute Gasteiger partial charge is 0.331 e. The Balaban J connectivity index is 1.84. The normalized spacial score (nSPS) is 14.6. The summed E-state index contributed by atoms with van der Waals surface area (Å²) in [7, 11) is 0. The van der Waals surface area contributed by atoms with Gasteiger partial charge in [0.15, 0.2) is 18.1 Å². The highest BCUT2D eigenvalue weighted by Gasteiger charge is 2.26. The van der Waals surface area contributed by atoms with Crippen molar-refractivity contribution in [1.29, 1.82) is 0 Å². The lowest BCUT2D eigenvalue weighted by molar-refractivity contribution is -0.149. The second-order valence-electron chi connectivity index (χ2n) is 6.57. The van der Waals surface area contributed by atoms with E-state index in [-0.39, 0.29) is 24.3 Å². The van der Waals surface area contributed by atoms with Gasteiger partial charge in [-0.2, -0.15) is 0 Å². The number of esters is 1. The fourth-order valence-electron chi connectivity index (χ4n) is 3.02. The predicted octanol–water partition coefficient (Wildman–Crippen LogP) is 1.76. The Labute approximate surface area is 170 Å². The molecular weight excluding hydrogens is 376 g/mol. The van der Waals surface area contributed by atoms with E-state index in [0.29, 0.717) is 50.6 Å². The van der Waals surface area contributed by atoms with Crippen LogP contribution in [0, 0.1) is 5.92 Å². The maximum Gasteiger partial charge on any atom is 0.331 e. The second-order valence-corrected chi connectivity index (χ2v) is 6.57. The molecule has 0 aromatic heterocycles. The maximum absolute atomic E-state index is 12.1. The van der Waals surface area contributed by atoms with Gasteiger partial charge in [0.2, 0.25) is 5.91 Å². The van der Waals surface area contributed by atoms with Gasteiger partial charge in [0.1, 0.15) is 0 Å². The summed E-state index contributed by atoms with van der Waals surface area (Å²) in [5.41, 5.74) is 6.03. The SMILES string of the molecule is CCOc1ccc(/C=C/C(=O)OCC(=O)N2CCC(C(N)=O)CC2)cc1OCC. The number of amides is 2. The molecule has 1 fully saturated rings. The van der Waals surface area contributed by atoms with Gasteiger partial charge >= 0.3 is 5.97 Å². The summed E-state index contributed by atoms with van der Waals surface area (Å²) in [6.07, 6.45) is 3.92. The number of carbonyl (C=O) groups excluding carboxylic acids is 3. The Morgan fingerprint density at radius 2 is 1.76 bits per heavy atom. The van der Waals surface area contributed by atoms with Gasteiger partial charge in [0.05, 0.1) is 13.2 Å². The quantitative estimate of drug-likeness (QED) is 0.496. The summed E-state index contributed by atoms with van der Waals surface area (Å²) in [5.74, 6) is -0.193. The zero-order chi connectivity index (χ0) is 21.2. The summed E-state index contributed by atoms with van der Waals surface area (Å²) in [6.45, 7) is 5.32. The molecule has 0 aliphatic carbocycles. The Kier molecular flexibility index (Phi) is 8.51. The molecule has 1 aromatic rings. The molecule has 0 bridgehead atoms. The van der Waals surface area contributed by atoms with Crippen LogP contribution < -0.4 is 15.2 Å². The monoisotopic (exact) mass is 404 g/mol. The molecule has 8 nitrogen and oxygen atoms in total. The van der Waals surface area contributed by atoms with Crippen molar-refractivity contribution in [2.75, 3.05) is 32.9 Å². The van der Waals surface area contributed by atoms with Crippen molar-refractivity contribution in [3.63, 3.8) is 0 Å². The molecule has 1 aromatic carbocycles. The minimum absolute atomic E-state index is 0.194. The van der Waals surface area contributed by atoms with Crippen LogP contribution in [-0.4, -0.2) is 55.6 Å². The van der Waals surface area contributed by atoms with E-state index >= 15 is 0 Å². The third kappa shape index (κ3) is 6.81. The van der Waals surface area contributed by atoms with E-state index in [1.54, 1.807) is 29.2 Å². The van der Waals surface area contributed by atoms with Crippen molar-refractivity contribution in [2.24, 2.45) is 11.7 Å². The molecule has 2 rings (SSSR count). The zero-order valence-electron chi connectivity index (χ0n) is 16.9. The molecule has 0 spiro atoms. The lowest BCUT2D eigenvalue weighted by Gasteiger charge is -2.30. The van der Waals surface area contributed by atoms with Gasteiger partial charge in [-0.1, -0.05) is 6.07 Å². The van der Waals surface area contributed by atoms with Crippen LogP contribution in [0.25, 0.3) is 6.08 Å². The number of hydrogen-bond acceptors (Lipinski definition) is 6. The molecular formula is C21H28N2O6. The van der Waals surface area contributed by atoms with Gasteiger partial charge in [-0.15, -0.1) is 0 Å². The molecule has 1 saturated heterocycles. The average molecular weight is 404 g/mol. The fraction of sp³-hybridized carbons (Fsp3) is 0.476. The van der Waals surface area contributed by atoms with E-state index in [9.17, 15) is 14.4 Å². The Morgan fingerprint density at radius 3 is 2.38 bits per heavy atom. The summed E-state index contributed by atoms with van der Waals surface area (Å²) in [6, 6.07) is 5.34. The van der Waals surface area contributed by atoms with Gasteiger partial charge in [-0.3, -0.25) is 9.59 Å². The topological polar surface area (TPSA) is 108 Å². The number of nitrogens with zero attached hydrogens (tertiary/aromatic N) is 1. The third-order valence-corrected chi connectivity index (χ3v) is 4.57. The van der Waals surface area contributed by atoms with Gasteiger partial charge in [-0.25, -0.2) is 4.79 Å². The van der Waals surface area contributed by atoms with Crippen LogP contribution in [0.4, 0.5) is 0 Å². The number of likely N-dealkylation sites (tertiary alicyclic amines) is 1. The molecule has 0 radical (unpaired) electrons. The average Bonchev–Trinajstić information content (AvgIpc) is 2.72. The van der Waals surface area contributed by atoms with E-state index in [2.05, 4.69) is 0 Å². The lowest BCUT2D eigenvalue weighted by Crippen LogP contribution is -2.43. The van der Waals surface area contributed by atoms with Crippen molar-refractivity contribution in [3.8, 4) is 11.5 Å². The Bertz CT molecular complexity index is 754. The first-order valence-electron chi connectivity index (χ1n) is 9.76. The molecule has 0 saturated carbocycles. The Morgan fingerprint density at radius 1 is 1.10 bits per heavy atom. The van der Waals surface area contributed by atoms with E-state index in [1.807, 2.05) is 13.8 Å². The predicted molar refractivity (Wildman–Crippen MR) is 107 cm³/mol. The van der Waals surface area contributed by atoms with Crippen molar-refractivity contribution in [3.05, 3.63) is 29.8 Å². The van der Waals surface area contributed by atoms with Crippen molar-refractivity contribution in [2.45, 2.75) is 26.7 Å². The standard InChI is InChI=1S/C21H28N2O6/c1-3-27-17-7-5-15(13-18(17)28-4-2)6-8-20(25)29-14-19(24)23-11-9-16(10-12-23)21(22)26/h5-8,13,16H,3-4,9-12,14H2,1-2H3,(H2,22,26)/b8-6+. The molecule has 8 heteroatoms. The van der Waals surface area contributed by atoms with Crippen molar-refractivity contribution < 1.29 is 28.6 Å². The molecule has 2 amide bonds. The van der Waals surface area contributed by atoms with Crippen LogP contribution in [0.2, 0.25) is 0 Å². The number of rotatable bonds is 9. The number of piperidine rings is 1. The molecule has 1 aliphatic heterocycles. The van der Waals surface area contributed by atoms with E-state index in [1.165, 1.54) is 6.08 Å². The van der Waals surface area contributed by atoms with Gasteiger partial charge < -0.3 is 24.8 Å². The minimum Gasteiger partial charge on any atom is -0.490 e. The van der Waals surface area contributed by atoms with Crippen LogP contribution in [0.3, 0.4) is 0 Å². The molecule has 0 atom stereocenters. The van der Waals surface area contributed by atoms with E-state index in [4.69, 9.17) is 19.9 Å². The summed E-state index contributed by atoms with van der Waals surface area (Å²) in [4.78, 5) is 36.8. The van der Waals surface area contributed by atoms with Crippen LogP contribution >= 0.6 is 0 Å². The van der Waals surface area contributed by atoms with E-state index in [0.717, 1.165) is 5.56 Å². The van der Waals surface area contributed by atoms with Gasteiger partial charge in [0, 0.05) is 25.1 Å². The minimum atomic E-state index is -0.614. The maximum atomic E-state index is 12.1. The Hall–Kier alpha value is -3.03. The van der Waals surface area contributed by atoms with Crippen LogP contribution in [0.5, 0.6) is 11.5 Å². The van der Waals surface area contributed by atoms with Crippen molar-refractivity contribution in [1.82, 2.24) is 4.90 Å². The molecule has 1 heterocycles. The van der Waals surface area contributed by atoms with Crippen molar-refractivity contribution >= 4 is 23.9 Å². The number of primary amides is 1. The number of nitrogens with two attached hydrogens (primary N) is 1. The van der Waals surface area contributed by atoms with Gasteiger partial charge in [0.25, 0.3) is 5.91 Å². The number of carbonyl (C=O) groups is 3. The fourth-order valence-corrected chi connectivity index (χ4v) is 3.02. The molecule has 158 valence electrons. The molecule has 1 aliphatic rings.